The summed E-state index contributed by atoms with van der Waals surface area (Å²) < 4.78 is 23.2. The molecule has 2 saturated heterocycles. The molecule has 2 aliphatic rings. The number of benzene rings is 4. The average molecular weight is 863 g/mol. The fraction of sp³-hybridized carbons (Fsp3) is 0.435. The molecule has 0 aliphatic carbocycles. The number of unbranched alkanes of at least 4 members (excludes halogenated alkanes) is 3. The molecule has 0 saturated carbocycles. The van der Waals surface area contributed by atoms with E-state index in [0.717, 1.165) is 47.9 Å². The molecule has 2 aliphatic heterocycles. The van der Waals surface area contributed by atoms with E-state index < -0.39 is 86.6 Å². The maximum absolute atomic E-state index is 11.4. The molecule has 0 aromatic heterocycles. The lowest BCUT2D eigenvalue weighted by Crippen LogP contribution is -2.60. The van der Waals surface area contributed by atoms with E-state index in [2.05, 4.69) is 0 Å². The highest BCUT2D eigenvalue weighted by atomic mass is 16.7. The molecule has 334 valence electrons. The number of hydrogen-bond acceptors (Lipinski definition) is 14. The largest absolute Gasteiger partial charge is 0.481 e. The zero-order valence-electron chi connectivity index (χ0n) is 33.8. The van der Waals surface area contributed by atoms with Crippen molar-refractivity contribution in [3.63, 3.8) is 0 Å². The van der Waals surface area contributed by atoms with Gasteiger partial charge in [0.15, 0.2) is 0 Å². The van der Waals surface area contributed by atoms with Crippen molar-refractivity contribution in [1.29, 1.82) is 0 Å². The molecule has 4 aromatic rings. The Morgan fingerprint density at radius 2 is 0.855 bits per heavy atom. The fourth-order valence-electron chi connectivity index (χ4n) is 7.76. The monoisotopic (exact) mass is 862 g/mol. The number of rotatable bonds is 19. The van der Waals surface area contributed by atoms with Crippen LogP contribution in [0.4, 0.5) is 0 Å². The highest BCUT2D eigenvalue weighted by Crippen LogP contribution is 2.33. The molecule has 0 bridgehead atoms. The first-order chi connectivity index (χ1) is 29.7. The van der Waals surface area contributed by atoms with E-state index in [1.165, 1.54) is 0 Å². The first-order valence-electron chi connectivity index (χ1n) is 20.6. The van der Waals surface area contributed by atoms with Crippen molar-refractivity contribution >= 4 is 11.9 Å². The molecular formula is C46H54O16. The molecule has 10 atom stereocenters. The highest BCUT2D eigenvalue weighted by Gasteiger charge is 2.46. The molecule has 0 amide bonds. The first-order valence-corrected chi connectivity index (χ1v) is 20.6. The van der Waals surface area contributed by atoms with E-state index in [4.69, 9.17) is 18.9 Å². The molecule has 2 heterocycles. The zero-order valence-corrected chi connectivity index (χ0v) is 33.8. The van der Waals surface area contributed by atoms with Crippen molar-refractivity contribution < 1.29 is 79.6 Å². The fourth-order valence-corrected chi connectivity index (χ4v) is 7.76. The minimum absolute atomic E-state index is 0.168. The van der Waals surface area contributed by atoms with Crippen LogP contribution in [0.15, 0.2) is 84.9 Å². The predicted molar refractivity (Wildman–Crippen MR) is 221 cm³/mol. The second-order valence-corrected chi connectivity index (χ2v) is 15.8. The van der Waals surface area contributed by atoms with E-state index in [9.17, 15) is 60.7 Å². The normalized spacial score (nSPS) is 26.2. The Hall–Kier alpha value is -4.98. The third-order valence-corrected chi connectivity index (χ3v) is 11.0. The standard InChI is InChI=1S/C46H54O16/c47-23-35-39(53)41(55)43(57)45(61-35)59-33-17-25(15-31(21-33)29-11-5-9-27(13-29)19-37(49)50)7-3-1-2-4-8-26-16-32(30-12-6-10-28(14-30)20-38(51)52)22-34(18-26)60-46-44(58)42(56)40(54)36(24-48)62-46/h5-6,9-18,21-22,35-36,39-48,53-58H,1-4,7-8,19-20,23-24H2,(H,49,50)(H,51,52)/t35-,36-,39-,40-,41+,42+,43+,44+,45+,46+/m0/s1. The summed E-state index contributed by atoms with van der Waals surface area (Å²) in [5, 5.41) is 101. The number of aryl methyl sites for hydroxylation is 2. The van der Waals surface area contributed by atoms with E-state index in [1.54, 1.807) is 60.7 Å². The molecule has 4 aromatic carbocycles. The van der Waals surface area contributed by atoms with Crippen molar-refractivity contribution in [3.8, 4) is 33.8 Å². The number of aliphatic hydroxyl groups excluding tert-OH is 8. The smallest absolute Gasteiger partial charge is 0.307 e. The summed E-state index contributed by atoms with van der Waals surface area (Å²) in [4.78, 5) is 22.9. The number of hydrogen-bond donors (Lipinski definition) is 10. The highest BCUT2D eigenvalue weighted by molar-refractivity contribution is 5.74. The second-order valence-electron chi connectivity index (χ2n) is 15.8. The van der Waals surface area contributed by atoms with Crippen molar-refractivity contribution in [2.75, 3.05) is 13.2 Å². The van der Waals surface area contributed by atoms with Gasteiger partial charge < -0.3 is 70.0 Å². The molecule has 62 heavy (non-hydrogen) atoms. The minimum atomic E-state index is -1.62. The topological polar surface area (TPSA) is 273 Å². The molecule has 16 heteroatoms. The third kappa shape index (κ3) is 11.9. The van der Waals surface area contributed by atoms with Gasteiger partial charge in [-0.25, -0.2) is 0 Å². The molecule has 0 spiro atoms. The Kier molecular flexibility index (Phi) is 16.1. The molecule has 10 N–H and O–H groups in total. The van der Waals surface area contributed by atoms with Gasteiger partial charge in [0.1, 0.15) is 60.3 Å². The lowest BCUT2D eigenvalue weighted by Gasteiger charge is -2.39. The van der Waals surface area contributed by atoms with Gasteiger partial charge in [-0.15, -0.1) is 0 Å². The van der Waals surface area contributed by atoms with Crippen molar-refractivity contribution in [2.24, 2.45) is 0 Å². The van der Waals surface area contributed by atoms with Crippen LogP contribution in [0, 0.1) is 0 Å². The Morgan fingerprint density at radius 1 is 0.468 bits per heavy atom. The summed E-state index contributed by atoms with van der Waals surface area (Å²) in [6.07, 6.45) is -10.6. The Morgan fingerprint density at radius 3 is 1.23 bits per heavy atom. The molecule has 0 unspecified atom stereocenters. The van der Waals surface area contributed by atoms with Crippen LogP contribution in [-0.2, 0) is 44.7 Å². The van der Waals surface area contributed by atoms with Crippen LogP contribution in [-0.4, -0.2) is 138 Å². The van der Waals surface area contributed by atoms with Gasteiger partial charge in [-0.05, 0) is 94.5 Å². The molecule has 2 fully saturated rings. The average Bonchev–Trinajstić information content (AvgIpc) is 3.25. The third-order valence-electron chi connectivity index (χ3n) is 11.0. The summed E-state index contributed by atoms with van der Waals surface area (Å²) in [5.41, 5.74) is 5.83. The van der Waals surface area contributed by atoms with Crippen molar-refractivity contribution in [3.05, 3.63) is 107 Å². The molecule has 16 nitrogen and oxygen atoms in total. The summed E-state index contributed by atoms with van der Waals surface area (Å²) >= 11 is 0. The van der Waals surface area contributed by atoms with Crippen LogP contribution >= 0.6 is 0 Å². The maximum atomic E-state index is 11.4. The van der Waals surface area contributed by atoms with Crippen LogP contribution in [0.2, 0.25) is 0 Å². The van der Waals surface area contributed by atoms with E-state index in [-0.39, 0.29) is 12.8 Å². The van der Waals surface area contributed by atoms with Crippen LogP contribution in [0.1, 0.15) is 47.9 Å². The maximum Gasteiger partial charge on any atom is 0.307 e. The van der Waals surface area contributed by atoms with Crippen LogP contribution in [0.25, 0.3) is 22.3 Å². The number of carboxylic acid groups (broad SMARTS) is 2. The van der Waals surface area contributed by atoms with Crippen LogP contribution < -0.4 is 9.47 Å². The first kappa shape index (κ1) is 46.5. The SMILES string of the molecule is O=C(O)Cc1cccc(-c2cc(CCCCCCc3cc(O[C@@H]4O[C@@H](CO)[C@H](O)[C@@H](O)[C@H]4O)cc(-c4cccc(CC(=O)O)c4)c3)cc(O[C@@H]3O[C@@H](CO)[C@H](O)[C@@H](O)[C@H]3O)c2)c1. The number of aliphatic hydroxyl groups is 8. The van der Waals surface area contributed by atoms with E-state index in [1.807, 2.05) is 24.3 Å². The van der Waals surface area contributed by atoms with Gasteiger partial charge in [0.25, 0.3) is 0 Å². The molecular weight excluding hydrogens is 808 g/mol. The Labute approximate surface area is 357 Å². The van der Waals surface area contributed by atoms with Gasteiger partial charge in [0.05, 0.1) is 26.1 Å². The van der Waals surface area contributed by atoms with Crippen molar-refractivity contribution in [1.82, 2.24) is 0 Å². The van der Waals surface area contributed by atoms with E-state index in [0.29, 0.717) is 46.6 Å². The number of carbonyl (C=O) groups is 2. The van der Waals surface area contributed by atoms with Gasteiger partial charge in [-0.2, -0.15) is 0 Å². The minimum Gasteiger partial charge on any atom is -0.481 e. The number of aliphatic carboxylic acids is 2. The Balaban J connectivity index is 1.15. The van der Waals surface area contributed by atoms with Crippen LogP contribution in [0.3, 0.4) is 0 Å². The molecule has 6 rings (SSSR count). The van der Waals surface area contributed by atoms with E-state index >= 15 is 0 Å². The van der Waals surface area contributed by atoms with Crippen LogP contribution in [0.5, 0.6) is 11.5 Å². The van der Waals surface area contributed by atoms with Gasteiger partial charge in [-0.1, -0.05) is 73.5 Å². The quantitative estimate of drug-likeness (QED) is 0.0604. The second kappa shape index (κ2) is 21.4. The number of ether oxygens (including phenoxy) is 4. The predicted octanol–water partition coefficient (Wildman–Crippen LogP) is 1.98. The lowest BCUT2D eigenvalue weighted by atomic mass is 9.96. The van der Waals surface area contributed by atoms with Crippen molar-refractivity contribution in [2.45, 2.75) is 113 Å². The van der Waals surface area contributed by atoms with Gasteiger partial charge in [-0.3, -0.25) is 9.59 Å². The number of carboxylic acids is 2. The lowest BCUT2D eigenvalue weighted by molar-refractivity contribution is -0.277. The molecule has 0 radical (unpaired) electrons. The van der Waals surface area contributed by atoms with Gasteiger partial charge in [0, 0.05) is 0 Å². The summed E-state index contributed by atoms with van der Waals surface area (Å²) in [7, 11) is 0. The summed E-state index contributed by atoms with van der Waals surface area (Å²) in [6, 6.07) is 25.1. The van der Waals surface area contributed by atoms with Gasteiger partial charge >= 0.3 is 11.9 Å². The Bertz CT molecular complexity index is 1970. The van der Waals surface area contributed by atoms with Gasteiger partial charge in [0.2, 0.25) is 12.6 Å². The zero-order chi connectivity index (χ0) is 44.5. The summed E-state index contributed by atoms with van der Waals surface area (Å²) in [5.74, 6) is -1.36. The summed E-state index contributed by atoms with van der Waals surface area (Å²) in [6.45, 7) is -1.23.